The molecular weight excluding hydrogens is 747 g/mol. The average Bonchev–Trinajstić information content (AvgIpc) is 3.67. The summed E-state index contributed by atoms with van der Waals surface area (Å²) in [5.41, 5.74) is -1.30. The number of hydrogen-bond donors (Lipinski definition) is 1. The van der Waals surface area contributed by atoms with Crippen LogP contribution in [0.25, 0.3) is 33.5 Å². The van der Waals surface area contributed by atoms with Gasteiger partial charge in [-0.2, -0.15) is 5.10 Å². The van der Waals surface area contributed by atoms with Gasteiger partial charge in [-0.3, -0.25) is 4.72 Å². The van der Waals surface area contributed by atoms with Crippen LogP contribution in [0.15, 0.2) is 47.9 Å². The minimum absolute atomic E-state index is 0.129. The smallest absolute Gasteiger partial charge is 0.268 e. The summed E-state index contributed by atoms with van der Waals surface area (Å²) in [6.07, 6.45) is 17.5. The third kappa shape index (κ3) is 8.99. The molecule has 5 aromatic rings. The lowest BCUT2D eigenvalue weighted by Crippen LogP contribution is -2.17. The molecule has 19 heteroatoms. The molecule has 0 aliphatic heterocycles. The first-order valence-corrected chi connectivity index (χ1v) is 23.2. The fourth-order valence-electron chi connectivity index (χ4n) is 4.97. The van der Waals surface area contributed by atoms with Crippen LogP contribution in [0.2, 0.25) is 0 Å². The first-order chi connectivity index (χ1) is 24.4. The largest absolute Gasteiger partial charge is 0.480 e. The van der Waals surface area contributed by atoms with Crippen LogP contribution in [0.3, 0.4) is 0 Å². The summed E-state index contributed by atoms with van der Waals surface area (Å²) in [5, 5.41) is 4.92. The Morgan fingerprint density at radius 1 is 0.846 bits per heavy atom. The van der Waals surface area contributed by atoms with Crippen molar-refractivity contribution >= 4 is 46.8 Å². The van der Waals surface area contributed by atoms with Gasteiger partial charge in [0.25, 0.3) is 10.0 Å². The highest BCUT2D eigenvalue weighted by molar-refractivity contribution is 8.32. The highest BCUT2D eigenvalue weighted by atomic mass is 32.3. The Bertz CT molecular complexity index is 2190. The molecule has 12 nitrogen and oxygen atoms in total. The predicted molar refractivity (Wildman–Crippen MR) is 198 cm³/mol. The van der Waals surface area contributed by atoms with E-state index in [2.05, 4.69) is 57.6 Å². The molecule has 0 unspecified atom stereocenters. The Labute approximate surface area is 302 Å². The van der Waals surface area contributed by atoms with Gasteiger partial charge >= 0.3 is 0 Å². The van der Waals surface area contributed by atoms with Gasteiger partial charge in [0.05, 0.1) is 38.3 Å². The normalized spacial score (nSPS) is 13.1. The molecule has 0 atom stereocenters. The van der Waals surface area contributed by atoms with E-state index in [1.54, 1.807) is 17.0 Å². The summed E-state index contributed by atoms with van der Waals surface area (Å²) < 4.78 is 110. The van der Waals surface area contributed by atoms with Gasteiger partial charge in [-0.15, -0.1) is 0 Å². The number of anilines is 1. The van der Waals surface area contributed by atoms with E-state index < -0.39 is 81.1 Å². The molecular formula is C33H41F4N7O5S3. The number of pyridine rings is 2. The molecule has 0 amide bonds. The van der Waals surface area contributed by atoms with Crippen LogP contribution in [0.5, 0.6) is 5.88 Å². The number of nitrogens with zero attached hydrogens (tertiary/aromatic N) is 6. The Morgan fingerprint density at radius 3 is 2.17 bits per heavy atom. The van der Waals surface area contributed by atoms with Crippen LogP contribution in [-0.4, -0.2) is 107 Å². The molecule has 284 valence electrons. The maximum absolute atomic E-state index is 16.7. The molecule has 0 spiro atoms. The third-order valence-electron chi connectivity index (χ3n) is 7.64. The van der Waals surface area contributed by atoms with Gasteiger partial charge in [-0.25, -0.2) is 65.7 Å². The minimum Gasteiger partial charge on any atom is -0.480 e. The molecule has 1 N–H and O–H groups in total. The van der Waals surface area contributed by atoms with Crippen LogP contribution in [0, 0.1) is 23.3 Å². The van der Waals surface area contributed by atoms with Gasteiger partial charge in [0, 0.05) is 40.9 Å². The number of methoxy groups -OCH3 is 1. The van der Waals surface area contributed by atoms with Gasteiger partial charge in [0.15, 0.2) is 34.0 Å². The number of benzene rings is 1. The monoisotopic (exact) mass is 787 g/mol. The number of halogens is 4. The summed E-state index contributed by atoms with van der Waals surface area (Å²) in [4.78, 5) is 10.8. The lowest BCUT2D eigenvalue weighted by atomic mass is 10.0. The second-order valence-electron chi connectivity index (χ2n) is 13.5. The quantitative estimate of drug-likeness (QED) is 0.0936. The van der Waals surface area contributed by atoms with Gasteiger partial charge in [-0.05, 0) is 43.6 Å². The number of imidazole rings is 1. The Balaban J connectivity index is 1.57. The molecule has 4 aromatic heterocycles. The number of sulfonamides is 1. The third-order valence-corrected chi connectivity index (χ3v) is 11.8. The highest BCUT2D eigenvalue weighted by Crippen LogP contribution is 2.39. The first-order valence-electron chi connectivity index (χ1n) is 15.6. The number of rotatable bonds is 16. The van der Waals surface area contributed by atoms with Crippen LogP contribution in [0.1, 0.15) is 0 Å². The number of ether oxygens (including phenoxy) is 3. The molecule has 52 heavy (non-hydrogen) atoms. The molecule has 0 fully saturated rings. The second-order valence-corrected chi connectivity index (χ2v) is 24.3. The van der Waals surface area contributed by atoms with Gasteiger partial charge in [0.1, 0.15) is 30.5 Å². The van der Waals surface area contributed by atoms with Crippen molar-refractivity contribution in [2.45, 2.75) is 18.4 Å². The van der Waals surface area contributed by atoms with E-state index in [4.69, 9.17) is 14.2 Å². The van der Waals surface area contributed by atoms with Crippen molar-refractivity contribution in [1.29, 1.82) is 0 Å². The number of fused-ring (bicyclic) bond motifs is 1. The summed E-state index contributed by atoms with van der Waals surface area (Å²) in [6.45, 7) is 0.862. The summed E-state index contributed by atoms with van der Waals surface area (Å²) in [7, 11) is -5.34. The topological polar surface area (TPSA) is 135 Å². The van der Waals surface area contributed by atoms with Crippen molar-refractivity contribution in [2.24, 2.45) is 0 Å². The van der Waals surface area contributed by atoms with Gasteiger partial charge < -0.3 is 18.8 Å². The zero-order valence-corrected chi connectivity index (χ0v) is 32.2. The number of aromatic nitrogens is 6. The van der Waals surface area contributed by atoms with Gasteiger partial charge in [-0.1, -0.05) is 6.07 Å². The van der Waals surface area contributed by atoms with Crippen molar-refractivity contribution < 1.29 is 40.2 Å². The summed E-state index contributed by atoms with van der Waals surface area (Å²) in [6, 6.07) is 3.21. The minimum atomic E-state index is -4.77. The lowest BCUT2D eigenvalue weighted by Gasteiger charge is -2.24. The SMILES string of the molecule is COc1ncc(F)cc1S(=O)(=O)Nc1ncc(F)c(-c2ccc3c(-c4nccn4COCCS(C)(C)C)nn(COCCS(C)(C)C)c3c2F)c1F. The zero-order chi connectivity index (χ0) is 38.0. The highest BCUT2D eigenvalue weighted by Gasteiger charge is 2.29. The summed E-state index contributed by atoms with van der Waals surface area (Å²) >= 11 is 0. The molecule has 1 aromatic carbocycles. The van der Waals surface area contributed by atoms with Crippen molar-refractivity contribution in [3.63, 3.8) is 0 Å². The number of hydrogen-bond acceptors (Lipinski definition) is 9. The van der Waals surface area contributed by atoms with Crippen molar-refractivity contribution in [2.75, 3.05) is 74.1 Å². The van der Waals surface area contributed by atoms with E-state index in [1.165, 1.54) is 10.7 Å². The zero-order valence-electron chi connectivity index (χ0n) is 29.7. The molecule has 0 aliphatic rings. The van der Waals surface area contributed by atoms with E-state index in [1.807, 2.05) is 4.72 Å². The Morgan fingerprint density at radius 2 is 1.52 bits per heavy atom. The molecule has 5 rings (SSSR count). The van der Waals surface area contributed by atoms with Crippen LogP contribution in [0.4, 0.5) is 23.4 Å². The van der Waals surface area contributed by atoms with E-state index in [-0.39, 0.29) is 30.1 Å². The fraction of sp³-hybridized carbons (Fsp3) is 0.394. The molecule has 0 radical (unpaired) electrons. The van der Waals surface area contributed by atoms with E-state index in [9.17, 15) is 12.8 Å². The van der Waals surface area contributed by atoms with Crippen LogP contribution >= 0.6 is 20.1 Å². The van der Waals surface area contributed by atoms with Crippen molar-refractivity contribution in [3.05, 3.63) is 66.3 Å². The number of nitrogens with one attached hydrogen (secondary N) is 1. The van der Waals surface area contributed by atoms with Gasteiger partial charge in [0.2, 0.25) is 5.88 Å². The predicted octanol–water partition coefficient (Wildman–Crippen LogP) is 6.06. The Hall–Kier alpha value is -3.91. The van der Waals surface area contributed by atoms with Crippen molar-refractivity contribution in [1.82, 2.24) is 29.3 Å². The first kappa shape index (κ1) is 39.3. The van der Waals surface area contributed by atoms with Crippen molar-refractivity contribution in [3.8, 4) is 28.5 Å². The van der Waals surface area contributed by atoms with E-state index >= 15 is 13.2 Å². The average molecular weight is 788 g/mol. The Kier molecular flexibility index (Phi) is 11.8. The van der Waals surface area contributed by atoms with Crippen LogP contribution < -0.4 is 9.46 Å². The molecule has 0 bridgehead atoms. The second kappa shape index (κ2) is 15.6. The van der Waals surface area contributed by atoms with E-state index in [0.29, 0.717) is 31.3 Å². The summed E-state index contributed by atoms with van der Waals surface area (Å²) in [5.74, 6) is -4.28. The standard InChI is InChI=1S/C33H41F4N7O5S3/c1-47-33-25(16-21(34)17-40-33)52(45,46)42-31-28(37)26(24(35)18-39-31)22-8-9-23-29(32-38-10-11-43(32)19-48-12-14-50(2,3)4)41-44(30(23)27(22)36)20-49-13-15-51(5,6)7/h8-11,16-18H,12-15,19-20H2,1-7H3,(H,39,42). The maximum Gasteiger partial charge on any atom is 0.268 e. The van der Waals surface area contributed by atoms with Crippen LogP contribution in [-0.2, 0) is 33.0 Å². The van der Waals surface area contributed by atoms with E-state index in [0.717, 1.165) is 30.9 Å². The molecule has 4 heterocycles. The molecule has 0 saturated carbocycles. The fourth-order valence-corrected chi connectivity index (χ4v) is 7.34. The molecule has 0 aliphatic carbocycles. The maximum atomic E-state index is 16.7. The lowest BCUT2D eigenvalue weighted by molar-refractivity contribution is 0.0836. The molecule has 0 saturated heterocycles.